The van der Waals surface area contributed by atoms with Crippen LogP contribution in [0.3, 0.4) is 0 Å². The van der Waals surface area contributed by atoms with Crippen LogP contribution in [0.1, 0.15) is 70.9 Å². The van der Waals surface area contributed by atoms with Gasteiger partial charge in [-0.05, 0) is 72.7 Å². The second-order valence-corrected chi connectivity index (χ2v) is 15.8. The molecule has 2 fully saturated rings. The van der Waals surface area contributed by atoms with Gasteiger partial charge in [-0.25, -0.2) is 4.79 Å². The first-order valence-electron chi connectivity index (χ1n) is 19.3. The molecule has 3 aromatic carbocycles. The summed E-state index contributed by atoms with van der Waals surface area (Å²) in [5.74, 6) is -0.869. The number of likely N-dealkylation sites (tertiary alicyclic amines) is 1. The second-order valence-electron chi connectivity index (χ2n) is 15.8. The number of nitrogens with zero attached hydrogens (tertiary/aromatic N) is 1. The molecule has 14 heteroatoms. The Morgan fingerprint density at radius 2 is 1.61 bits per heavy atom. The monoisotopic (exact) mass is 781 g/mol. The van der Waals surface area contributed by atoms with Gasteiger partial charge in [0.05, 0.1) is 25.4 Å². The third kappa shape index (κ3) is 10.1. The fourth-order valence-electron chi connectivity index (χ4n) is 6.87. The highest BCUT2D eigenvalue weighted by molar-refractivity contribution is 6.38. The molecule has 4 N–H and O–H groups in total. The topological polar surface area (TPSA) is 174 Å². The summed E-state index contributed by atoms with van der Waals surface area (Å²) in [6.07, 6.45) is 3.36. The zero-order chi connectivity index (χ0) is 40.7. The molecule has 2 aliphatic heterocycles. The number of carbonyl (C=O) groups excluding carboxylic acids is 5. The zero-order valence-corrected chi connectivity index (χ0v) is 33.0. The van der Waals surface area contributed by atoms with Crippen molar-refractivity contribution in [2.45, 2.75) is 96.2 Å². The molecule has 0 aromatic heterocycles. The van der Waals surface area contributed by atoms with Crippen LogP contribution in [0, 0.1) is 5.41 Å². The first kappa shape index (κ1) is 40.8. The lowest BCUT2D eigenvalue weighted by Gasteiger charge is -2.35. The zero-order valence-electron chi connectivity index (χ0n) is 33.0. The van der Waals surface area contributed by atoms with E-state index in [-0.39, 0.29) is 32.0 Å². The minimum absolute atomic E-state index is 0.000794. The van der Waals surface area contributed by atoms with E-state index in [1.165, 1.54) is 4.90 Å². The number of hydrogen-bond donors (Lipinski definition) is 4. The van der Waals surface area contributed by atoms with Crippen molar-refractivity contribution in [2.24, 2.45) is 5.41 Å². The number of Topliss-reactive ketones (excluding diaryl/α,β-unsaturated/α-hetero) is 1. The second kappa shape index (κ2) is 17.5. The smallest absolute Gasteiger partial charge is 0.408 e. The average Bonchev–Trinajstić information content (AvgIpc) is 3.80. The molecule has 4 atom stereocenters. The highest BCUT2D eigenvalue weighted by atomic mass is 16.7. The number of nitrogens with one attached hydrogen (secondary N) is 4. The van der Waals surface area contributed by atoms with Crippen LogP contribution in [-0.2, 0) is 35.4 Å². The van der Waals surface area contributed by atoms with E-state index in [1.54, 1.807) is 52.1 Å². The van der Waals surface area contributed by atoms with E-state index >= 15 is 0 Å². The van der Waals surface area contributed by atoms with E-state index in [1.807, 2.05) is 67.6 Å². The number of alkyl carbamates (subject to hydrolysis) is 1. The van der Waals surface area contributed by atoms with Gasteiger partial charge in [0, 0.05) is 18.0 Å². The third-order valence-electron chi connectivity index (χ3n) is 10.1. The SMILES string of the molecule is CCC[C@H](NC(=O)[C@@H]1C[C@]2(C=C(c3ccccc3Oc3ccc(OC)cc3)NO2)CN1C(=O)[C@@H](NC(=O)OCc1ccccc1)C(C)(C)C)C(=O)C(=O)NC1CC1. The van der Waals surface area contributed by atoms with Crippen LogP contribution in [0.2, 0.25) is 0 Å². The molecule has 3 aromatic rings. The fraction of sp³-hybridized carbons (Fsp3) is 0.419. The van der Waals surface area contributed by atoms with Gasteiger partial charge in [0.25, 0.3) is 5.91 Å². The maximum atomic E-state index is 14.7. The van der Waals surface area contributed by atoms with Gasteiger partial charge in [0.15, 0.2) is 0 Å². The molecule has 1 saturated heterocycles. The summed E-state index contributed by atoms with van der Waals surface area (Å²) in [6, 6.07) is 20.3. The van der Waals surface area contributed by atoms with Gasteiger partial charge in [-0.2, -0.15) is 0 Å². The molecule has 57 heavy (non-hydrogen) atoms. The van der Waals surface area contributed by atoms with Crippen molar-refractivity contribution in [1.82, 2.24) is 26.3 Å². The van der Waals surface area contributed by atoms with Crippen LogP contribution in [0.25, 0.3) is 5.70 Å². The van der Waals surface area contributed by atoms with E-state index in [4.69, 9.17) is 19.0 Å². The van der Waals surface area contributed by atoms with Gasteiger partial charge in [-0.3, -0.25) is 29.5 Å². The van der Waals surface area contributed by atoms with Gasteiger partial charge < -0.3 is 35.1 Å². The first-order valence-corrected chi connectivity index (χ1v) is 19.3. The maximum Gasteiger partial charge on any atom is 0.408 e. The van der Waals surface area contributed by atoms with E-state index in [0.29, 0.717) is 34.9 Å². The van der Waals surface area contributed by atoms with Crippen LogP contribution in [0.5, 0.6) is 17.2 Å². The Kier molecular flexibility index (Phi) is 12.5. The highest BCUT2D eigenvalue weighted by Gasteiger charge is 2.54. The molecule has 4 amide bonds. The predicted octanol–water partition coefficient (Wildman–Crippen LogP) is 5.18. The van der Waals surface area contributed by atoms with Crippen LogP contribution in [0.4, 0.5) is 4.79 Å². The number of ether oxygens (including phenoxy) is 3. The summed E-state index contributed by atoms with van der Waals surface area (Å²) in [5.41, 5.74) is 2.97. The molecule has 2 heterocycles. The fourth-order valence-corrected chi connectivity index (χ4v) is 6.87. The summed E-state index contributed by atoms with van der Waals surface area (Å²) < 4.78 is 17.0. The van der Waals surface area contributed by atoms with Crippen LogP contribution in [0.15, 0.2) is 84.9 Å². The number of methoxy groups -OCH3 is 1. The Bertz CT molecular complexity index is 1980. The Balaban J connectivity index is 1.28. The Labute approximate surface area is 332 Å². The van der Waals surface area contributed by atoms with Crippen LogP contribution < -0.4 is 30.9 Å². The molecule has 0 bridgehead atoms. The molecule has 1 spiro atoms. The summed E-state index contributed by atoms with van der Waals surface area (Å²) >= 11 is 0. The lowest BCUT2D eigenvalue weighted by molar-refractivity contribution is -0.144. The Hall–Kier alpha value is -5.89. The summed E-state index contributed by atoms with van der Waals surface area (Å²) in [7, 11) is 1.59. The lowest BCUT2D eigenvalue weighted by Crippen LogP contribution is -2.59. The number of amides is 4. The number of para-hydroxylation sites is 1. The molecule has 6 rings (SSSR count). The molecule has 14 nitrogen and oxygen atoms in total. The first-order chi connectivity index (χ1) is 27.3. The Morgan fingerprint density at radius 3 is 2.28 bits per heavy atom. The van der Waals surface area contributed by atoms with Crippen molar-refractivity contribution < 1.29 is 43.0 Å². The normalized spacial score (nSPS) is 19.8. The molecule has 0 radical (unpaired) electrons. The number of benzene rings is 3. The minimum Gasteiger partial charge on any atom is -0.497 e. The standard InChI is InChI=1S/C43H51N5O9/c1-6-12-32(36(49)39(51)44-28-17-18-28)45-38(50)34-24-43(23-33(47-57-43)31-15-10-11-16-35(31)56-30-21-19-29(54-5)20-22-30)26-48(34)40(52)37(42(2,3)4)46-41(53)55-25-27-13-8-7-9-14-27/h7-11,13-16,19-23,28,32,34,37,47H,6,12,17-18,24-26H2,1-5H3,(H,44,51)(H,45,50)(H,46,53)/t32-,34-,37+,43+/m0/s1. The van der Waals surface area contributed by atoms with Crippen molar-refractivity contribution in [1.29, 1.82) is 0 Å². The van der Waals surface area contributed by atoms with Gasteiger partial charge in [-0.15, -0.1) is 0 Å². The summed E-state index contributed by atoms with van der Waals surface area (Å²) in [6.45, 7) is 7.16. The van der Waals surface area contributed by atoms with Crippen molar-refractivity contribution in [3.8, 4) is 17.2 Å². The predicted molar refractivity (Wildman–Crippen MR) is 211 cm³/mol. The lowest BCUT2D eigenvalue weighted by atomic mass is 9.85. The molecule has 1 saturated carbocycles. The molecule has 0 unspecified atom stereocenters. The quantitative estimate of drug-likeness (QED) is 0.151. The van der Waals surface area contributed by atoms with Crippen LogP contribution >= 0.6 is 0 Å². The van der Waals surface area contributed by atoms with Crippen molar-refractivity contribution >= 4 is 35.3 Å². The number of hydrogen-bond acceptors (Lipinski definition) is 10. The van der Waals surface area contributed by atoms with E-state index in [0.717, 1.165) is 18.4 Å². The number of ketones is 1. The number of carbonyl (C=O) groups is 5. The van der Waals surface area contributed by atoms with E-state index in [2.05, 4.69) is 21.4 Å². The van der Waals surface area contributed by atoms with Gasteiger partial charge in [-0.1, -0.05) is 76.6 Å². The molecule has 3 aliphatic rings. The van der Waals surface area contributed by atoms with E-state index < -0.39 is 58.7 Å². The molecule has 302 valence electrons. The largest absolute Gasteiger partial charge is 0.497 e. The summed E-state index contributed by atoms with van der Waals surface area (Å²) in [5, 5.41) is 8.24. The van der Waals surface area contributed by atoms with Crippen molar-refractivity contribution in [2.75, 3.05) is 13.7 Å². The third-order valence-corrected chi connectivity index (χ3v) is 10.1. The number of rotatable bonds is 15. The maximum absolute atomic E-state index is 14.7. The molecular formula is C43H51N5O9. The van der Waals surface area contributed by atoms with Crippen LogP contribution in [-0.4, -0.2) is 77.9 Å². The minimum atomic E-state index is -1.20. The van der Waals surface area contributed by atoms with E-state index in [9.17, 15) is 24.0 Å². The molecular weight excluding hydrogens is 730 g/mol. The van der Waals surface area contributed by atoms with Crippen molar-refractivity contribution in [3.05, 3.63) is 96.1 Å². The van der Waals surface area contributed by atoms with Gasteiger partial charge in [0.2, 0.25) is 17.6 Å². The highest BCUT2D eigenvalue weighted by Crippen LogP contribution is 2.41. The average molecular weight is 782 g/mol. The number of hydroxylamine groups is 1. The Morgan fingerprint density at radius 1 is 0.930 bits per heavy atom. The van der Waals surface area contributed by atoms with Gasteiger partial charge >= 0.3 is 6.09 Å². The summed E-state index contributed by atoms with van der Waals surface area (Å²) in [4.78, 5) is 75.9. The molecule has 1 aliphatic carbocycles. The van der Waals surface area contributed by atoms with Gasteiger partial charge in [0.1, 0.15) is 41.5 Å². The van der Waals surface area contributed by atoms with Crippen molar-refractivity contribution in [3.63, 3.8) is 0 Å².